The van der Waals surface area contributed by atoms with Crippen LogP contribution in [0.15, 0.2) is 18.3 Å². The number of aromatic nitrogens is 1. The van der Waals surface area contributed by atoms with Crippen LogP contribution in [0.5, 0.6) is 0 Å². The van der Waals surface area contributed by atoms with Crippen LogP contribution in [0.1, 0.15) is 30.6 Å². The van der Waals surface area contributed by atoms with Gasteiger partial charge in [0.15, 0.2) is 6.61 Å². The zero-order chi connectivity index (χ0) is 18.8. The molecule has 1 aliphatic heterocycles. The Morgan fingerprint density at radius 1 is 1.31 bits per heavy atom. The smallest absolute Gasteiger partial charge is 0.340 e. The standard InChI is InChI=1S/C18H27N3O5/c1-14(2)25-9-3-6-19-17(22)13-26-18(23)15-4-5-16(20-12-15)21-7-10-24-11-8-21/h4-5,12,14H,3,6-11,13H2,1-2H3,(H,19,22). The van der Waals surface area contributed by atoms with Crippen LogP contribution < -0.4 is 10.2 Å². The Labute approximate surface area is 153 Å². The van der Waals surface area contributed by atoms with E-state index in [1.807, 2.05) is 13.8 Å². The number of carbonyl (C=O) groups is 2. The van der Waals surface area contributed by atoms with Gasteiger partial charge in [0.2, 0.25) is 0 Å². The Balaban J connectivity index is 1.67. The molecule has 2 heterocycles. The first kappa shape index (κ1) is 20.1. The van der Waals surface area contributed by atoms with Gasteiger partial charge in [-0.3, -0.25) is 4.79 Å². The van der Waals surface area contributed by atoms with Crippen LogP contribution in [-0.2, 0) is 19.0 Å². The molecule has 0 saturated carbocycles. The summed E-state index contributed by atoms with van der Waals surface area (Å²) < 4.78 is 15.7. The van der Waals surface area contributed by atoms with E-state index in [4.69, 9.17) is 14.2 Å². The lowest BCUT2D eigenvalue weighted by Gasteiger charge is -2.27. The quantitative estimate of drug-likeness (QED) is 0.516. The van der Waals surface area contributed by atoms with Crippen molar-refractivity contribution in [3.05, 3.63) is 23.9 Å². The summed E-state index contributed by atoms with van der Waals surface area (Å²) in [4.78, 5) is 30.0. The van der Waals surface area contributed by atoms with Crippen LogP contribution in [0.4, 0.5) is 5.82 Å². The summed E-state index contributed by atoms with van der Waals surface area (Å²) in [6.07, 6.45) is 2.36. The minimum absolute atomic E-state index is 0.176. The predicted octanol–water partition coefficient (Wildman–Crippen LogP) is 1.01. The summed E-state index contributed by atoms with van der Waals surface area (Å²) in [5, 5.41) is 2.69. The van der Waals surface area contributed by atoms with Gasteiger partial charge >= 0.3 is 5.97 Å². The van der Waals surface area contributed by atoms with Crippen molar-refractivity contribution in [1.29, 1.82) is 0 Å². The summed E-state index contributed by atoms with van der Waals surface area (Å²) in [5.74, 6) is -0.101. The van der Waals surface area contributed by atoms with Gasteiger partial charge in [0.1, 0.15) is 5.82 Å². The van der Waals surface area contributed by atoms with Gasteiger partial charge in [0, 0.05) is 32.4 Å². The topological polar surface area (TPSA) is 90.0 Å². The normalized spacial score (nSPS) is 14.3. The number of amides is 1. The highest BCUT2D eigenvalue weighted by Crippen LogP contribution is 2.13. The van der Waals surface area contributed by atoms with Crippen LogP contribution in [0, 0.1) is 0 Å². The van der Waals surface area contributed by atoms with Crippen molar-refractivity contribution in [2.75, 3.05) is 51.0 Å². The number of hydrogen-bond acceptors (Lipinski definition) is 7. The molecule has 8 heteroatoms. The first-order valence-electron chi connectivity index (χ1n) is 8.90. The monoisotopic (exact) mass is 365 g/mol. The molecule has 0 atom stereocenters. The predicted molar refractivity (Wildman–Crippen MR) is 96.3 cm³/mol. The second-order valence-corrected chi connectivity index (χ2v) is 6.20. The third-order valence-corrected chi connectivity index (χ3v) is 3.75. The largest absolute Gasteiger partial charge is 0.452 e. The third-order valence-electron chi connectivity index (χ3n) is 3.75. The van der Waals surface area contributed by atoms with E-state index in [1.165, 1.54) is 6.20 Å². The molecule has 0 aliphatic carbocycles. The Morgan fingerprint density at radius 3 is 2.73 bits per heavy atom. The number of nitrogens with zero attached hydrogens (tertiary/aromatic N) is 2. The SMILES string of the molecule is CC(C)OCCCNC(=O)COC(=O)c1ccc(N2CCOCC2)nc1. The number of esters is 1. The fourth-order valence-corrected chi connectivity index (χ4v) is 2.37. The summed E-state index contributed by atoms with van der Waals surface area (Å²) in [7, 11) is 0. The maximum absolute atomic E-state index is 12.0. The lowest BCUT2D eigenvalue weighted by Crippen LogP contribution is -2.36. The highest BCUT2D eigenvalue weighted by atomic mass is 16.5. The van der Waals surface area contributed by atoms with Gasteiger partial charge in [-0.05, 0) is 32.4 Å². The fourth-order valence-electron chi connectivity index (χ4n) is 2.37. The molecule has 0 bridgehead atoms. The average Bonchev–Trinajstić information content (AvgIpc) is 2.66. The van der Waals surface area contributed by atoms with Crippen LogP contribution in [0.3, 0.4) is 0 Å². The highest BCUT2D eigenvalue weighted by molar-refractivity contribution is 5.91. The van der Waals surface area contributed by atoms with Gasteiger partial charge in [-0.15, -0.1) is 0 Å². The van der Waals surface area contributed by atoms with Crippen LogP contribution in [0.2, 0.25) is 0 Å². The highest BCUT2D eigenvalue weighted by Gasteiger charge is 2.14. The molecule has 1 fully saturated rings. The molecule has 1 N–H and O–H groups in total. The molecule has 8 nitrogen and oxygen atoms in total. The Bertz CT molecular complexity index is 571. The molecule has 26 heavy (non-hydrogen) atoms. The Kier molecular flexibility index (Phi) is 8.30. The summed E-state index contributed by atoms with van der Waals surface area (Å²) in [6, 6.07) is 3.43. The molecule has 0 unspecified atom stereocenters. The summed E-state index contributed by atoms with van der Waals surface area (Å²) in [6.45, 7) is 7.57. The molecule has 1 saturated heterocycles. The molecule has 1 aromatic heterocycles. The molecule has 144 valence electrons. The molecule has 1 amide bonds. The number of hydrogen-bond donors (Lipinski definition) is 1. The van der Waals surface area contributed by atoms with Crippen molar-refractivity contribution in [3.8, 4) is 0 Å². The van der Waals surface area contributed by atoms with Crippen molar-refractivity contribution in [2.45, 2.75) is 26.4 Å². The van der Waals surface area contributed by atoms with Gasteiger partial charge in [-0.25, -0.2) is 9.78 Å². The lowest BCUT2D eigenvalue weighted by molar-refractivity contribution is -0.124. The molecule has 0 radical (unpaired) electrons. The van der Waals surface area contributed by atoms with Crippen molar-refractivity contribution in [2.24, 2.45) is 0 Å². The van der Waals surface area contributed by atoms with Crippen molar-refractivity contribution < 1.29 is 23.8 Å². The van der Waals surface area contributed by atoms with Crippen LogP contribution in [-0.4, -0.2) is 69.0 Å². The van der Waals surface area contributed by atoms with Crippen LogP contribution >= 0.6 is 0 Å². The average molecular weight is 365 g/mol. The fraction of sp³-hybridized carbons (Fsp3) is 0.611. The molecule has 1 aliphatic rings. The summed E-state index contributed by atoms with van der Waals surface area (Å²) >= 11 is 0. The number of anilines is 1. The minimum atomic E-state index is -0.565. The Morgan fingerprint density at radius 2 is 2.08 bits per heavy atom. The molecular formula is C18H27N3O5. The zero-order valence-electron chi connectivity index (χ0n) is 15.4. The molecule has 0 spiro atoms. The number of nitrogens with one attached hydrogen (secondary N) is 1. The molecular weight excluding hydrogens is 338 g/mol. The molecule has 0 aromatic carbocycles. The van der Waals surface area contributed by atoms with Gasteiger partial charge < -0.3 is 24.4 Å². The van der Waals surface area contributed by atoms with Crippen molar-refractivity contribution >= 4 is 17.7 Å². The van der Waals surface area contributed by atoms with E-state index >= 15 is 0 Å². The zero-order valence-corrected chi connectivity index (χ0v) is 15.4. The van der Waals surface area contributed by atoms with E-state index in [0.717, 1.165) is 18.9 Å². The first-order chi connectivity index (χ1) is 12.6. The minimum Gasteiger partial charge on any atom is -0.452 e. The van der Waals surface area contributed by atoms with E-state index in [0.29, 0.717) is 38.3 Å². The first-order valence-corrected chi connectivity index (χ1v) is 8.90. The van der Waals surface area contributed by atoms with Gasteiger partial charge in [0.25, 0.3) is 5.91 Å². The van der Waals surface area contributed by atoms with Crippen LogP contribution in [0.25, 0.3) is 0 Å². The Hall–Kier alpha value is -2.19. The van der Waals surface area contributed by atoms with E-state index in [9.17, 15) is 9.59 Å². The van der Waals surface area contributed by atoms with Gasteiger partial charge in [-0.1, -0.05) is 0 Å². The number of pyridine rings is 1. The van der Waals surface area contributed by atoms with Gasteiger partial charge in [-0.2, -0.15) is 0 Å². The van der Waals surface area contributed by atoms with E-state index in [1.54, 1.807) is 12.1 Å². The second-order valence-electron chi connectivity index (χ2n) is 6.20. The number of morpholine rings is 1. The van der Waals surface area contributed by atoms with E-state index < -0.39 is 5.97 Å². The number of rotatable bonds is 9. The third kappa shape index (κ3) is 6.97. The summed E-state index contributed by atoms with van der Waals surface area (Å²) in [5.41, 5.74) is 0.320. The molecule has 1 aromatic rings. The van der Waals surface area contributed by atoms with E-state index in [2.05, 4.69) is 15.2 Å². The maximum atomic E-state index is 12.0. The van der Waals surface area contributed by atoms with Gasteiger partial charge in [0.05, 0.1) is 24.9 Å². The second kappa shape index (κ2) is 10.7. The number of ether oxygens (including phenoxy) is 3. The number of carbonyl (C=O) groups excluding carboxylic acids is 2. The van der Waals surface area contributed by atoms with Crippen molar-refractivity contribution in [1.82, 2.24) is 10.3 Å². The molecule has 2 rings (SSSR count). The maximum Gasteiger partial charge on any atom is 0.340 e. The van der Waals surface area contributed by atoms with Crippen molar-refractivity contribution in [3.63, 3.8) is 0 Å². The van der Waals surface area contributed by atoms with E-state index in [-0.39, 0.29) is 18.6 Å². The lowest BCUT2D eigenvalue weighted by atomic mass is 10.2.